The molecule has 6 nitrogen and oxygen atoms in total. The zero-order chi connectivity index (χ0) is 25.3. The zero-order valence-corrected chi connectivity index (χ0v) is 19.7. The number of amides is 1. The number of ether oxygens (including phenoxy) is 2. The maximum atomic E-state index is 13.4. The number of hydrogen-bond acceptors (Lipinski definition) is 4. The van der Waals surface area contributed by atoms with Gasteiger partial charge in [0.1, 0.15) is 17.2 Å². The smallest absolute Gasteiger partial charge is 0.335 e. The molecule has 0 aliphatic rings. The lowest BCUT2D eigenvalue weighted by molar-refractivity contribution is 0.0696. The van der Waals surface area contributed by atoms with E-state index < -0.39 is 5.97 Å². The first-order valence-electron chi connectivity index (χ1n) is 11.3. The predicted octanol–water partition coefficient (Wildman–Crippen LogP) is 6.50. The van der Waals surface area contributed by atoms with E-state index in [-0.39, 0.29) is 18.0 Å². The Kier molecular flexibility index (Phi) is 7.78. The summed E-state index contributed by atoms with van der Waals surface area (Å²) in [5.74, 6) is 0.727. The van der Waals surface area contributed by atoms with Crippen molar-refractivity contribution in [3.63, 3.8) is 0 Å². The van der Waals surface area contributed by atoms with Gasteiger partial charge in [0.25, 0.3) is 5.91 Å². The standard InChI is InChI=1S/C30H25NO5/c1-35-27-8-5-9-28(20-27)36-26-16-14-24(15-17-26)29(32)31(19-18-22-6-3-2-4-7-22)21-23-10-12-25(13-11-23)30(33)34/h2-20H,21H2,1H3,(H,33,34). The first kappa shape index (κ1) is 24.3. The molecule has 0 saturated carbocycles. The Labute approximate surface area is 209 Å². The monoisotopic (exact) mass is 479 g/mol. The number of benzene rings is 4. The number of rotatable bonds is 9. The van der Waals surface area contributed by atoms with Gasteiger partial charge in [-0.25, -0.2) is 4.79 Å². The largest absolute Gasteiger partial charge is 0.497 e. The van der Waals surface area contributed by atoms with Crippen LogP contribution in [0.1, 0.15) is 31.8 Å². The first-order valence-corrected chi connectivity index (χ1v) is 11.3. The third kappa shape index (κ3) is 6.39. The van der Waals surface area contributed by atoms with Crippen molar-refractivity contribution >= 4 is 18.0 Å². The van der Waals surface area contributed by atoms with Gasteiger partial charge in [-0.1, -0.05) is 48.5 Å². The first-order chi connectivity index (χ1) is 17.5. The van der Waals surface area contributed by atoms with Gasteiger partial charge in [-0.2, -0.15) is 0 Å². The van der Waals surface area contributed by atoms with Crippen LogP contribution in [0.25, 0.3) is 6.08 Å². The third-order valence-corrected chi connectivity index (χ3v) is 5.44. The molecule has 0 bridgehead atoms. The summed E-state index contributed by atoms with van der Waals surface area (Å²) in [5, 5.41) is 9.15. The summed E-state index contributed by atoms with van der Waals surface area (Å²) >= 11 is 0. The molecule has 1 N–H and O–H groups in total. The van der Waals surface area contributed by atoms with Crippen LogP contribution in [0.2, 0.25) is 0 Å². The van der Waals surface area contributed by atoms with Crippen LogP contribution in [0, 0.1) is 0 Å². The van der Waals surface area contributed by atoms with Crippen LogP contribution in [0.5, 0.6) is 17.2 Å². The van der Waals surface area contributed by atoms with Crippen molar-refractivity contribution in [1.29, 1.82) is 0 Å². The summed E-state index contributed by atoms with van der Waals surface area (Å²) in [5.41, 5.74) is 2.46. The minimum Gasteiger partial charge on any atom is -0.497 e. The minimum atomic E-state index is -0.991. The molecule has 0 aromatic heterocycles. The van der Waals surface area contributed by atoms with Crippen LogP contribution >= 0.6 is 0 Å². The average molecular weight is 480 g/mol. The number of nitrogens with zero attached hydrogens (tertiary/aromatic N) is 1. The lowest BCUT2D eigenvalue weighted by Crippen LogP contribution is -2.25. The van der Waals surface area contributed by atoms with Gasteiger partial charge in [-0.3, -0.25) is 4.79 Å². The molecule has 1 amide bonds. The van der Waals surface area contributed by atoms with Crippen molar-refractivity contribution in [2.75, 3.05) is 7.11 Å². The van der Waals surface area contributed by atoms with Gasteiger partial charge in [-0.15, -0.1) is 0 Å². The van der Waals surface area contributed by atoms with Gasteiger partial charge in [0.15, 0.2) is 0 Å². The highest BCUT2D eigenvalue weighted by molar-refractivity contribution is 5.95. The second-order valence-electron chi connectivity index (χ2n) is 7.97. The maximum Gasteiger partial charge on any atom is 0.335 e. The molecule has 0 aliphatic heterocycles. The second-order valence-corrected chi connectivity index (χ2v) is 7.97. The number of carbonyl (C=O) groups excluding carboxylic acids is 1. The minimum absolute atomic E-state index is 0.197. The number of carboxylic acids is 1. The van der Waals surface area contributed by atoms with E-state index in [0.29, 0.717) is 22.8 Å². The fourth-order valence-corrected chi connectivity index (χ4v) is 3.51. The van der Waals surface area contributed by atoms with Gasteiger partial charge >= 0.3 is 5.97 Å². The van der Waals surface area contributed by atoms with Crippen molar-refractivity contribution in [2.45, 2.75) is 6.54 Å². The highest BCUT2D eigenvalue weighted by Gasteiger charge is 2.15. The Bertz CT molecular complexity index is 1350. The molecule has 0 atom stereocenters. The van der Waals surface area contributed by atoms with E-state index in [9.17, 15) is 9.59 Å². The van der Waals surface area contributed by atoms with Gasteiger partial charge in [0, 0.05) is 17.8 Å². The number of aromatic carboxylic acids is 1. The van der Waals surface area contributed by atoms with Crippen LogP contribution in [-0.4, -0.2) is 29.0 Å². The summed E-state index contributed by atoms with van der Waals surface area (Å²) in [6, 6.07) is 30.4. The Hall–Kier alpha value is -4.84. The van der Waals surface area contributed by atoms with Gasteiger partial charge < -0.3 is 19.5 Å². The van der Waals surface area contributed by atoms with E-state index in [0.717, 1.165) is 11.1 Å². The Balaban J connectivity index is 1.54. The van der Waals surface area contributed by atoms with Gasteiger partial charge in [-0.05, 0) is 65.7 Å². The van der Waals surface area contributed by atoms with Crippen LogP contribution in [0.3, 0.4) is 0 Å². The lowest BCUT2D eigenvalue weighted by atomic mass is 10.1. The van der Waals surface area contributed by atoms with Crippen molar-refractivity contribution in [1.82, 2.24) is 4.90 Å². The van der Waals surface area contributed by atoms with Crippen molar-refractivity contribution in [2.24, 2.45) is 0 Å². The van der Waals surface area contributed by atoms with Crippen molar-refractivity contribution < 1.29 is 24.2 Å². The Morgan fingerprint density at radius 3 is 2.11 bits per heavy atom. The third-order valence-electron chi connectivity index (χ3n) is 5.44. The number of methoxy groups -OCH3 is 1. The topological polar surface area (TPSA) is 76.1 Å². The molecule has 180 valence electrons. The number of hydrogen-bond donors (Lipinski definition) is 1. The van der Waals surface area contributed by atoms with E-state index >= 15 is 0 Å². The van der Waals surface area contributed by atoms with Crippen LogP contribution < -0.4 is 9.47 Å². The molecule has 0 unspecified atom stereocenters. The van der Waals surface area contributed by atoms with Crippen molar-refractivity contribution in [3.05, 3.63) is 132 Å². The summed E-state index contributed by atoms with van der Waals surface area (Å²) in [4.78, 5) is 26.2. The molecule has 4 aromatic rings. The van der Waals surface area contributed by atoms with Gasteiger partial charge in [0.05, 0.1) is 19.2 Å². The summed E-state index contributed by atoms with van der Waals surface area (Å²) in [6.45, 7) is 0.282. The van der Waals surface area contributed by atoms with E-state index in [2.05, 4.69) is 0 Å². The van der Waals surface area contributed by atoms with Gasteiger partial charge in [0.2, 0.25) is 0 Å². The Morgan fingerprint density at radius 2 is 1.44 bits per heavy atom. The Morgan fingerprint density at radius 1 is 0.778 bits per heavy atom. The summed E-state index contributed by atoms with van der Waals surface area (Å²) in [7, 11) is 1.60. The second kappa shape index (κ2) is 11.5. The summed E-state index contributed by atoms with van der Waals surface area (Å²) < 4.78 is 11.1. The molecule has 0 saturated heterocycles. The molecule has 6 heteroatoms. The number of carbonyl (C=O) groups is 2. The van der Waals surface area contributed by atoms with Crippen LogP contribution in [0.15, 0.2) is 109 Å². The molecule has 4 rings (SSSR count). The molecular formula is C30H25NO5. The van der Waals surface area contributed by atoms with E-state index in [1.54, 1.807) is 60.7 Å². The molecule has 36 heavy (non-hydrogen) atoms. The van der Waals surface area contributed by atoms with Crippen molar-refractivity contribution in [3.8, 4) is 17.2 Å². The molecule has 0 radical (unpaired) electrons. The highest BCUT2D eigenvalue weighted by Crippen LogP contribution is 2.26. The molecule has 0 heterocycles. The molecule has 0 fully saturated rings. The summed E-state index contributed by atoms with van der Waals surface area (Å²) in [6.07, 6.45) is 3.60. The maximum absolute atomic E-state index is 13.4. The van der Waals surface area contributed by atoms with E-state index in [1.165, 1.54) is 12.1 Å². The molecule has 4 aromatic carbocycles. The van der Waals surface area contributed by atoms with Crippen LogP contribution in [0.4, 0.5) is 0 Å². The fraction of sp³-hybridized carbons (Fsp3) is 0.0667. The SMILES string of the molecule is COc1cccc(Oc2ccc(C(=O)N(C=Cc3ccccc3)Cc3ccc(C(=O)O)cc3)cc2)c1. The fourth-order valence-electron chi connectivity index (χ4n) is 3.51. The molecule has 0 aliphatic carbocycles. The average Bonchev–Trinajstić information content (AvgIpc) is 2.92. The lowest BCUT2D eigenvalue weighted by Gasteiger charge is -2.19. The normalized spacial score (nSPS) is 10.7. The van der Waals surface area contributed by atoms with E-state index in [1.807, 2.05) is 54.6 Å². The highest BCUT2D eigenvalue weighted by atomic mass is 16.5. The quantitative estimate of drug-likeness (QED) is 0.297. The molecular weight excluding hydrogens is 454 g/mol. The number of carboxylic acid groups (broad SMARTS) is 1. The van der Waals surface area contributed by atoms with Crippen LogP contribution in [-0.2, 0) is 6.54 Å². The molecule has 0 spiro atoms. The zero-order valence-electron chi connectivity index (χ0n) is 19.7. The predicted molar refractivity (Wildman–Crippen MR) is 138 cm³/mol. The van der Waals surface area contributed by atoms with E-state index in [4.69, 9.17) is 14.6 Å².